The van der Waals surface area contributed by atoms with E-state index in [2.05, 4.69) is 15.8 Å². The SMILES string of the molecule is N#Cc1c(NC(=O)c2ccccc2)nsc1-c1ccccc1. The third-order valence-corrected chi connectivity index (χ3v) is 4.00. The number of aromatic nitrogens is 1. The number of benzene rings is 2. The lowest BCUT2D eigenvalue weighted by Crippen LogP contribution is -2.12. The maximum absolute atomic E-state index is 12.2. The molecular formula is C17H11N3OS. The predicted octanol–water partition coefficient (Wildman–Crippen LogP) is 3.93. The van der Waals surface area contributed by atoms with E-state index < -0.39 is 0 Å². The number of nitrogens with zero attached hydrogens (tertiary/aromatic N) is 2. The average Bonchev–Trinajstić information content (AvgIpc) is 2.99. The predicted molar refractivity (Wildman–Crippen MR) is 86.7 cm³/mol. The maximum Gasteiger partial charge on any atom is 0.256 e. The second-order valence-electron chi connectivity index (χ2n) is 4.53. The molecule has 22 heavy (non-hydrogen) atoms. The summed E-state index contributed by atoms with van der Waals surface area (Å²) in [6.45, 7) is 0. The number of hydrogen-bond donors (Lipinski definition) is 1. The van der Waals surface area contributed by atoms with Gasteiger partial charge in [0.25, 0.3) is 5.91 Å². The van der Waals surface area contributed by atoms with Gasteiger partial charge in [0.15, 0.2) is 5.82 Å². The van der Waals surface area contributed by atoms with Crippen molar-refractivity contribution in [3.05, 3.63) is 71.8 Å². The van der Waals surface area contributed by atoms with Gasteiger partial charge >= 0.3 is 0 Å². The maximum atomic E-state index is 12.2. The number of anilines is 1. The molecule has 0 spiro atoms. The molecule has 0 saturated heterocycles. The van der Waals surface area contributed by atoms with Crippen LogP contribution in [0.3, 0.4) is 0 Å². The van der Waals surface area contributed by atoms with Gasteiger partial charge in [-0.05, 0) is 29.2 Å². The summed E-state index contributed by atoms with van der Waals surface area (Å²) >= 11 is 1.20. The first-order valence-corrected chi connectivity index (χ1v) is 7.38. The van der Waals surface area contributed by atoms with E-state index in [-0.39, 0.29) is 5.91 Å². The molecule has 1 heterocycles. The molecule has 3 aromatic rings. The topological polar surface area (TPSA) is 65.8 Å². The monoisotopic (exact) mass is 305 g/mol. The summed E-state index contributed by atoms with van der Waals surface area (Å²) in [6.07, 6.45) is 0. The van der Waals surface area contributed by atoms with Gasteiger partial charge in [-0.25, -0.2) is 0 Å². The second-order valence-corrected chi connectivity index (χ2v) is 5.31. The average molecular weight is 305 g/mol. The lowest BCUT2D eigenvalue weighted by Gasteiger charge is -2.02. The Morgan fingerprint density at radius 2 is 1.68 bits per heavy atom. The van der Waals surface area contributed by atoms with E-state index in [1.807, 2.05) is 36.4 Å². The Labute approximate surface area is 131 Å². The molecule has 3 rings (SSSR count). The summed E-state index contributed by atoms with van der Waals surface area (Å²) in [5.41, 5.74) is 1.83. The van der Waals surface area contributed by atoms with Crippen molar-refractivity contribution < 1.29 is 4.79 Å². The van der Waals surface area contributed by atoms with Crippen LogP contribution < -0.4 is 5.32 Å². The summed E-state index contributed by atoms with van der Waals surface area (Å²) in [4.78, 5) is 12.9. The molecule has 2 aromatic carbocycles. The second kappa shape index (κ2) is 6.20. The highest BCUT2D eigenvalue weighted by Crippen LogP contribution is 2.32. The third kappa shape index (κ3) is 2.73. The summed E-state index contributed by atoms with van der Waals surface area (Å²) in [5, 5.41) is 12.1. The quantitative estimate of drug-likeness (QED) is 0.797. The number of nitrogens with one attached hydrogen (secondary N) is 1. The highest BCUT2D eigenvalue weighted by atomic mass is 32.1. The lowest BCUT2D eigenvalue weighted by atomic mass is 10.1. The molecule has 1 amide bonds. The number of nitriles is 1. The largest absolute Gasteiger partial charge is 0.305 e. The van der Waals surface area contributed by atoms with E-state index in [0.717, 1.165) is 10.4 Å². The standard InChI is InChI=1S/C17H11N3OS/c18-11-14-15(12-7-3-1-4-8-12)22-20-16(14)19-17(21)13-9-5-2-6-10-13/h1-10H,(H,19,20,21). The lowest BCUT2D eigenvalue weighted by molar-refractivity contribution is 0.102. The van der Waals surface area contributed by atoms with Gasteiger partial charge in [-0.15, -0.1) is 0 Å². The van der Waals surface area contributed by atoms with Crippen LogP contribution in [-0.4, -0.2) is 10.3 Å². The Morgan fingerprint density at radius 1 is 1.05 bits per heavy atom. The highest BCUT2D eigenvalue weighted by Gasteiger charge is 2.17. The number of amides is 1. The Bertz CT molecular complexity index is 835. The van der Waals surface area contributed by atoms with Crippen LogP contribution in [0.15, 0.2) is 60.7 Å². The van der Waals surface area contributed by atoms with Crippen molar-refractivity contribution in [2.45, 2.75) is 0 Å². The van der Waals surface area contributed by atoms with E-state index in [4.69, 9.17) is 0 Å². The van der Waals surface area contributed by atoms with Crippen molar-refractivity contribution >= 4 is 23.3 Å². The summed E-state index contributed by atoms with van der Waals surface area (Å²) < 4.78 is 4.22. The first-order chi connectivity index (χ1) is 10.8. The van der Waals surface area contributed by atoms with Crippen molar-refractivity contribution in [2.24, 2.45) is 0 Å². The minimum Gasteiger partial charge on any atom is -0.305 e. The van der Waals surface area contributed by atoms with Crippen molar-refractivity contribution in [1.29, 1.82) is 5.26 Å². The van der Waals surface area contributed by atoms with Crippen LogP contribution in [0, 0.1) is 11.3 Å². The fraction of sp³-hybridized carbons (Fsp3) is 0. The van der Waals surface area contributed by atoms with Gasteiger partial charge in [0.1, 0.15) is 11.6 Å². The number of hydrogen-bond acceptors (Lipinski definition) is 4. The van der Waals surface area contributed by atoms with Crippen LogP contribution in [0.25, 0.3) is 10.4 Å². The molecule has 0 unspecified atom stereocenters. The molecule has 0 aliphatic carbocycles. The summed E-state index contributed by atoms with van der Waals surface area (Å²) in [7, 11) is 0. The molecule has 106 valence electrons. The zero-order chi connectivity index (χ0) is 15.4. The van der Waals surface area contributed by atoms with Crippen molar-refractivity contribution in [2.75, 3.05) is 5.32 Å². The summed E-state index contributed by atoms with van der Waals surface area (Å²) in [6, 6.07) is 20.5. The van der Waals surface area contributed by atoms with Gasteiger partial charge in [0.2, 0.25) is 0 Å². The Balaban J connectivity index is 1.92. The Morgan fingerprint density at radius 3 is 2.32 bits per heavy atom. The molecule has 0 aliphatic rings. The van der Waals surface area contributed by atoms with Gasteiger partial charge in [0.05, 0.1) is 4.88 Å². The van der Waals surface area contributed by atoms with E-state index in [1.165, 1.54) is 11.5 Å². The number of carbonyl (C=O) groups excluding carboxylic acids is 1. The van der Waals surface area contributed by atoms with Gasteiger partial charge in [-0.2, -0.15) is 9.64 Å². The van der Waals surface area contributed by atoms with Gasteiger partial charge in [-0.1, -0.05) is 48.5 Å². The van der Waals surface area contributed by atoms with Crippen LogP contribution in [-0.2, 0) is 0 Å². The van der Waals surface area contributed by atoms with Crippen LogP contribution in [0.1, 0.15) is 15.9 Å². The minimum atomic E-state index is -0.276. The molecule has 4 nitrogen and oxygen atoms in total. The van der Waals surface area contributed by atoms with Crippen molar-refractivity contribution in [1.82, 2.24) is 4.37 Å². The van der Waals surface area contributed by atoms with E-state index in [1.54, 1.807) is 24.3 Å². The van der Waals surface area contributed by atoms with E-state index in [0.29, 0.717) is 16.9 Å². The van der Waals surface area contributed by atoms with Crippen molar-refractivity contribution in [3.63, 3.8) is 0 Å². The molecular weight excluding hydrogens is 294 g/mol. The fourth-order valence-electron chi connectivity index (χ4n) is 2.03. The molecule has 0 radical (unpaired) electrons. The molecule has 0 bridgehead atoms. The van der Waals surface area contributed by atoms with Crippen molar-refractivity contribution in [3.8, 4) is 16.5 Å². The Hall–Kier alpha value is -2.97. The third-order valence-electron chi connectivity index (χ3n) is 3.11. The first kappa shape index (κ1) is 14.0. The molecule has 0 saturated carbocycles. The fourth-order valence-corrected chi connectivity index (χ4v) is 2.83. The smallest absolute Gasteiger partial charge is 0.256 e. The van der Waals surface area contributed by atoms with Gasteiger partial charge in [0, 0.05) is 5.56 Å². The first-order valence-electron chi connectivity index (χ1n) is 6.61. The number of rotatable bonds is 3. The van der Waals surface area contributed by atoms with Crippen LogP contribution in [0.4, 0.5) is 5.82 Å². The molecule has 0 fully saturated rings. The van der Waals surface area contributed by atoms with Crippen LogP contribution in [0.2, 0.25) is 0 Å². The van der Waals surface area contributed by atoms with Gasteiger partial charge in [-0.3, -0.25) is 4.79 Å². The number of carbonyl (C=O) groups is 1. The Kier molecular flexibility index (Phi) is 3.95. The summed E-state index contributed by atoms with van der Waals surface area (Å²) in [5.74, 6) is 0.0298. The molecule has 1 N–H and O–H groups in total. The normalized spacial score (nSPS) is 9.95. The van der Waals surface area contributed by atoms with Crippen LogP contribution >= 0.6 is 11.5 Å². The zero-order valence-corrected chi connectivity index (χ0v) is 12.3. The zero-order valence-electron chi connectivity index (χ0n) is 11.5. The molecule has 5 heteroatoms. The molecule has 0 aliphatic heterocycles. The van der Waals surface area contributed by atoms with E-state index >= 15 is 0 Å². The molecule has 0 atom stereocenters. The highest BCUT2D eigenvalue weighted by molar-refractivity contribution is 7.10. The van der Waals surface area contributed by atoms with Crippen LogP contribution in [0.5, 0.6) is 0 Å². The minimum absolute atomic E-state index is 0.276. The van der Waals surface area contributed by atoms with E-state index in [9.17, 15) is 10.1 Å². The van der Waals surface area contributed by atoms with Gasteiger partial charge < -0.3 is 5.32 Å². The molecule has 1 aromatic heterocycles.